The molecular formula is C15H20N2O2S. The van der Waals surface area contributed by atoms with E-state index in [0.29, 0.717) is 17.5 Å². The first-order chi connectivity index (χ1) is 9.55. The van der Waals surface area contributed by atoms with Crippen molar-refractivity contribution in [1.82, 2.24) is 9.88 Å². The Labute approximate surface area is 119 Å². The molecule has 1 N–H and O–H groups in total. The van der Waals surface area contributed by atoms with Gasteiger partial charge in [0, 0.05) is 36.7 Å². The van der Waals surface area contributed by atoms with Crippen molar-refractivity contribution in [3.63, 3.8) is 0 Å². The second-order valence-electron chi connectivity index (χ2n) is 5.59. The van der Waals surface area contributed by atoms with E-state index in [1.54, 1.807) is 0 Å². The SMILES string of the molecule is Cn1cc(CNC2CCS(=O)(=O)CC2)c2ccccc21. The minimum absolute atomic E-state index is 0.317. The van der Waals surface area contributed by atoms with Crippen molar-refractivity contribution in [2.45, 2.75) is 25.4 Å². The summed E-state index contributed by atoms with van der Waals surface area (Å²) in [5.74, 6) is 0.639. The molecule has 0 amide bonds. The van der Waals surface area contributed by atoms with Gasteiger partial charge in [-0.15, -0.1) is 0 Å². The molecule has 1 aromatic carbocycles. The topological polar surface area (TPSA) is 51.1 Å². The van der Waals surface area contributed by atoms with Crippen LogP contribution in [-0.2, 0) is 23.4 Å². The lowest BCUT2D eigenvalue weighted by molar-refractivity contribution is 0.463. The van der Waals surface area contributed by atoms with Crippen LogP contribution in [0.5, 0.6) is 0 Å². The van der Waals surface area contributed by atoms with E-state index >= 15 is 0 Å². The van der Waals surface area contributed by atoms with E-state index in [1.165, 1.54) is 16.5 Å². The summed E-state index contributed by atoms with van der Waals surface area (Å²) in [6, 6.07) is 8.67. The Balaban J connectivity index is 1.69. The fraction of sp³-hybridized carbons (Fsp3) is 0.467. The van der Waals surface area contributed by atoms with Crippen molar-refractivity contribution in [1.29, 1.82) is 0 Å². The lowest BCUT2D eigenvalue weighted by atomic mass is 10.1. The van der Waals surface area contributed by atoms with Gasteiger partial charge < -0.3 is 9.88 Å². The average Bonchev–Trinajstić information content (AvgIpc) is 2.75. The predicted molar refractivity (Wildman–Crippen MR) is 81.4 cm³/mol. The Bertz CT molecular complexity index is 705. The summed E-state index contributed by atoms with van der Waals surface area (Å²) in [4.78, 5) is 0. The second-order valence-corrected chi connectivity index (χ2v) is 7.89. The smallest absolute Gasteiger partial charge is 0.150 e. The zero-order chi connectivity index (χ0) is 14.2. The summed E-state index contributed by atoms with van der Waals surface area (Å²) in [6.45, 7) is 0.798. The molecule has 1 aliphatic heterocycles. The first-order valence-corrected chi connectivity index (χ1v) is 8.84. The number of nitrogens with one attached hydrogen (secondary N) is 1. The molecule has 20 heavy (non-hydrogen) atoms. The van der Waals surface area contributed by atoms with Gasteiger partial charge in [-0.1, -0.05) is 18.2 Å². The number of aromatic nitrogens is 1. The zero-order valence-corrected chi connectivity index (χ0v) is 12.5. The Kier molecular flexibility index (Phi) is 3.56. The standard InChI is InChI=1S/C15H20N2O2S/c1-17-11-12(14-4-2-3-5-15(14)17)10-16-13-6-8-20(18,19)9-7-13/h2-5,11,13,16H,6-10H2,1H3. The predicted octanol–water partition coefficient (Wildman–Crippen LogP) is 1.85. The highest BCUT2D eigenvalue weighted by atomic mass is 32.2. The average molecular weight is 292 g/mol. The van der Waals surface area contributed by atoms with Crippen LogP contribution in [0.15, 0.2) is 30.5 Å². The molecule has 2 heterocycles. The van der Waals surface area contributed by atoms with Crippen LogP contribution in [0.4, 0.5) is 0 Å². The summed E-state index contributed by atoms with van der Waals surface area (Å²) in [5.41, 5.74) is 2.51. The van der Waals surface area contributed by atoms with E-state index in [1.807, 2.05) is 6.07 Å². The number of benzene rings is 1. The van der Waals surface area contributed by atoms with E-state index in [9.17, 15) is 8.42 Å². The molecule has 3 rings (SSSR count). The molecule has 0 saturated carbocycles. The van der Waals surface area contributed by atoms with Crippen LogP contribution in [0.25, 0.3) is 10.9 Å². The Morgan fingerprint density at radius 3 is 2.70 bits per heavy atom. The van der Waals surface area contributed by atoms with Crippen LogP contribution in [-0.4, -0.2) is 30.5 Å². The number of rotatable bonds is 3. The normalized spacial score (nSPS) is 19.4. The molecule has 0 spiro atoms. The summed E-state index contributed by atoms with van der Waals surface area (Å²) in [5, 5.41) is 4.77. The molecule has 0 atom stereocenters. The van der Waals surface area contributed by atoms with Gasteiger partial charge in [0.1, 0.15) is 9.84 Å². The van der Waals surface area contributed by atoms with E-state index < -0.39 is 9.84 Å². The van der Waals surface area contributed by atoms with Gasteiger partial charge in [0.05, 0.1) is 11.5 Å². The first-order valence-electron chi connectivity index (χ1n) is 7.02. The summed E-state index contributed by atoms with van der Waals surface area (Å²) >= 11 is 0. The maximum absolute atomic E-state index is 11.4. The van der Waals surface area contributed by atoms with Gasteiger partial charge in [0.25, 0.3) is 0 Å². The molecular weight excluding hydrogens is 272 g/mol. The van der Waals surface area contributed by atoms with Gasteiger partial charge in [-0.25, -0.2) is 8.42 Å². The molecule has 1 aliphatic rings. The van der Waals surface area contributed by atoms with Gasteiger partial charge in [0.2, 0.25) is 0 Å². The molecule has 0 bridgehead atoms. The van der Waals surface area contributed by atoms with Crippen molar-refractivity contribution >= 4 is 20.7 Å². The Morgan fingerprint density at radius 2 is 1.95 bits per heavy atom. The monoisotopic (exact) mass is 292 g/mol. The Hall–Kier alpha value is -1.33. The first kappa shape index (κ1) is 13.6. The third-order valence-electron chi connectivity index (χ3n) is 4.12. The number of hydrogen-bond acceptors (Lipinski definition) is 3. The van der Waals surface area contributed by atoms with Crippen molar-refractivity contribution in [2.75, 3.05) is 11.5 Å². The van der Waals surface area contributed by atoms with E-state index in [0.717, 1.165) is 19.4 Å². The number of nitrogens with zero attached hydrogens (tertiary/aromatic N) is 1. The molecule has 108 valence electrons. The third-order valence-corrected chi connectivity index (χ3v) is 5.83. The van der Waals surface area contributed by atoms with Crippen LogP contribution in [0.1, 0.15) is 18.4 Å². The summed E-state index contributed by atoms with van der Waals surface area (Å²) < 4.78 is 25.0. The molecule has 1 fully saturated rings. The van der Waals surface area contributed by atoms with Gasteiger partial charge in [-0.2, -0.15) is 0 Å². The van der Waals surface area contributed by atoms with Crippen molar-refractivity contribution in [3.8, 4) is 0 Å². The molecule has 0 unspecified atom stereocenters. The van der Waals surface area contributed by atoms with Crippen LogP contribution in [0.3, 0.4) is 0 Å². The van der Waals surface area contributed by atoms with E-state index in [2.05, 4.69) is 41.3 Å². The highest BCUT2D eigenvalue weighted by Crippen LogP contribution is 2.21. The van der Waals surface area contributed by atoms with Crippen LogP contribution in [0.2, 0.25) is 0 Å². The quantitative estimate of drug-likeness (QED) is 0.939. The minimum Gasteiger partial charge on any atom is -0.350 e. The van der Waals surface area contributed by atoms with Gasteiger partial charge >= 0.3 is 0 Å². The highest BCUT2D eigenvalue weighted by Gasteiger charge is 2.23. The number of hydrogen-bond donors (Lipinski definition) is 1. The number of sulfone groups is 1. The minimum atomic E-state index is -2.77. The Morgan fingerprint density at radius 1 is 1.25 bits per heavy atom. The van der Waals surface area contributed by atoms with E-state index in [4.69, 9.17) is 0 Å². The number of para-hydroxylation sites is 1. The zero-order valence-electron chi connectivity index (χ0n) is 11.7. The van der Waals surface area contributed by atoms with Crippen molar-refractivity contribution in [2.24, 2.45) is 7.05 Å². The largest absolute Gasteiger partial charge is 0.350 e. The number of fused-ring (bicyclic) bond motifs is 1. The maximum Gasteiger partial charge on any atom is 0.150 e. The maximum atomic E-state index is 11.4. The lowest BCUT2D eigenvalue weighted by Crippen LogP contribution is -2.37. The van der Waals surface area contributed by atoms with Crippen molar-refractivity contribution < 1.29 is 8.42 Å². The van der Waals surface area contributed by atoms with E-state index in [-0.39, 0.29) is 0 Å². The van der Waals surface area contributed by atoms with Crippen molar-refractivity contribution in [3.05, 3.63) is 36.0 Å². The second kappa shape index (κ2) is 5.22. The molecule has 5 heteroatoms. The van der Waals surface area contributed by atoms with Gasteiger partial charge in [0.15, 0.2) is 0 Å². The van der Waals surface area contributed by atoms with Crippen LogP contribution in [0, 0.1) is 0 Å². The summed E-state index contributed by atoms with van der Waals surface area (Å²) in [6.07, 6.45) is 3.61. The van der Waals surface area contributed by atoms with Crippen LogP contribution < -0.4 is 5.32 Å². The lowest BCUT2D eigenvalue weighted by Gasteiger charge is -2.23. The molecule has 0 aliphatic carbocycles. The molecule has 2 aromatic rings. The fourth-order valence-corrected chi connectivity index (χ4v) is 4.41. The molecule has 1 saturated heterocycles. The molecule has 1 aromatic heterocycles. The van der Waals surface area contributed by atoms with Crippen LogP contribution >= 0.6 is 0 Å². The highest BCUT2D eigenvalue weighted by molar-refractivity contribution is 7.91. The summed E-state index contributed by atoms with van der Waals surface area (Å²) in [7, 11) is -0.719. The molecule has 4 nitrogen and oxygen atoms in total. The molecule has 0 radical (unpaired) electrons. The third kappa shape index (κ3) is 2.74. The van der Waals surface area contributed by atoms with Gasteiger partial charge in [-0.3, -0.25) is 0 Å². The number of aryl methyl sites for hydroxylation is 1. The van der Waals surface area contributed by atoms with Gasteiger partial charge in [-0.05, 0) is 24.5 Å². The fourth-order valence-electron chi connectivity index (χ4n) is 2.91.